The summed E-state index contributed by atoms with van der Waals surface area (Å²) in [6.07, 6.45) is 0. The summed E-state index contributed by atoms with van der Waals surface area (Å²) in [5.41, 5.74) is 13.8. The van der Waals surface area contributed by atoms with E-state index < -0.39 is 61.7 Å². The Kier molecular flexibility index (Phi) is 59.4. The van der Waals surface area contributed by atoms with Crippen LogP contribution in [0.4, 0.5) is 0 Å². The Morgan fingerprint density at radius 1 is 0.262 bits per heavy atom. The van der Waals surface area contributed by atoms with Crippen molar-refractivity contribution in [3.05, 3.63) is 617 Å². The third-order valence-corrected chi connectivity index (χ3v) is 35.6. The van der Waals surface area contributed by atoms with Gasteiger partial charge in [0.1, 0.15) is 41.9 Å². The summed E-state index contributed by atoms with van der Waals surface area (Å²) in [7, 11) is 6.78. The Morgan fingerprint density at radius 2 is 0.418 bits per heavy atom. The molecule has 0 aliphatic rings. The molecule has 0 heterocycles. The fraction of sp³-hybridized carbons (Fsp3) is 0.0569. The van der Waals surface area contributed by atoms with Crippen molar-refractivity contribution in [2.45, 2.75) is 50.6 Å². The Balaban J connectivity index is 0.000000251. The Bertz CT molecular complexity index is 5340. The van der Waals surface area contributed by atoms with Crippen LogP contribution in [0.25, 0.3) is 10.5 Å². The summed E-state index contributed by atoms with van der Waals surface area (Å²) in [5, 5.41) is 21.2. The molecule has 19 aromatic rings. The largest absolute Gasteiger partial charge is 0.102 e. The van der Waals surface area contributed by atoms with Crippen molar-refractivity contribution in [3.63, 3.8) is 0 Å². The molecule has 0 radical (unpaired) electrons. The molecule has 0 bridgehead atoms. The van der Waals surface area contributed by atoms with Gasteiger partial charge >= 0.3 is 81.0 Å². The number of hydrogen-bond donors (Lipinski definition) is 0. The fourth-order valence-corrected chi connectivity index (χ4v) is 28.1. The van der Waals surface area contributed by atoms with Gasteiger partial charge in [0.25, 0.3) is 0 Å². The zero-order valence-corrected chi connectivity index (χ0v) is 94.8. The molecule has 4 nitrogen and oxygen atoms in total. The first-order valence-electron chi connectivity index (χ1n) is 44.7. The zero-order valence-electron chi connectivity index (χ0n) is 79.7. The first kappa shape index (κ1) is 120. The van der Waals surface area contributed by atoms with Gasteiger partial charge < -0.3 is 25.3 Å². The van der Waals surface area contributed by atoms with E-state index in [4.69, 9.17) is 5.73 Å². The van der Waals surface area contributed by atoms with Crippen LogP contribution in [-0.4, -0.2) is 8.42 Å². The summed E-state index contributed by atoms with van der Waals surface area (Å²) in [5.74, 6) is 0.653. The minimum Gasteiger partial charge on any atom is -0.0622 e. The number of halogens is 3. The van der Waals surface area contributed by atoms with Crippen LogP contribution < -0.4 is 79.6 Å². The van der Waals surface area contributed by atoms with E-state index in [0.29, 0.717) is 11.5 Å². The van der Waals surface area contributed by atoms with Crippen molar-refractivity contribution in [2.24, 2.45) is 0 Å². The van der Waals surface area contributed by atoms with Crippen molar-refractivity contribution in [2.75, 3.05) is 0 Å². The molecule has 19 rings (SSSR count). The van der Waals surface area contributed by atoms with E-state index in [1.165, 1.54) is 90.7 Å². The van der Waals surface area contributed by atoms with E-state index >= 15 is 0 Å². The molecular weight excluding hydrogens is 2200 g/mol. The normalized spacial score (nSPS) is 10.6. The van der Waals surface area contributed by atoms with E-state index in [1.807, 2.05) is 102 Å². The van der Waals surface area contributed by atoms with E-state index in [0.717, 1.165) is 11.1 Å². The van der Waals surface area contributed by atoms with E-state index in [1.54, 1.807) is 41.6 Å². The number of nitrogens with one attached hydrogen (secondary N) is 1. The minimum atomic E-state index is -3.87. The Morgan fingerprint density at radius 3 is 0.596 bits per heavy atom. The maximum Gasteiger partial charge on any atom is 0.102 e. The average Bonchev–Trinajstić information content (AvgIpc) is 0.780. The second-order valence-corrected chi connectivity index (χ2v) is 44.4. The van der Waals surface area contributed by atoms with Crippen LogP contribution in [0.5, 0.6) is 0 Å². The van der Waals surface area contributed by atoms with Crippen LogP contribution in [0.15, 0.2) is 569 Å². The standard InChI is InChI=1S/C21H20N2O2S.5C18H15P.C10H14.2CH3.3ClH.3Ru.2H2S.H/c1-16-12-14-19(15-13-16)26(24,25)23-21(18-10-6-3-7-11-18)20(22)17-8-4-2-5-9-17;5*1-4-10-16(11-5-1)19(17-12-6-2-7-13-17)18-14-8-3-9-15-18;1-8(2)10-6-4-9(3)5-7-10;;;;;;;;;;;/h2-15,20-22H,1H3;5*1-15H;4-8H,1-3H3;2*1H3;3*1H;;;;2*1H2;/q-2;;;;;;;2*-1;;;;2*+1;+4;;;/p-1/t20-,21-;;;;;;;;;;;;;;;;;/m0................./s1. The van der Waals surface area contributed by atoms with Gasteiger partial charge in [-0.1, -0.05) is 515 Å². The molecule has 0 aliphatic carbocycles. The van der Waals surface area contributed by atoms with Crippen molar-refractivity contribution in [3.8, 4) is 0 Å². The summed E-state index contributed by atoms with van der Waals surface area (Å²) >= 11 is 5.27. The van der Waals surface area contributed by atoms with Crippen LogP contribution in [0.3, 0.4) is 0 Å². The number of benzene rings is 19. The van der Waals surface area contributed by atoms with E-state index in [2.05, 4.69) is 534 Å². The maximum absolute atomic E-state index is 12.8. The monoisotopic (exact) mass is 2320 g/mol. The predicted octanol–water partition coefficient (Wildman–Crippen LogP) is 28.3. The second kappa shape index (κ2) is 69.6. The molecule has 0 saturated heterocycles. The van der Waals surface area contributed by atoms with Gasteiger partial charge in [-0.3, -0.25) is 0 Å². The van der Waals surface area contributed by atoms with Gasteiger partial charge in [-0.05, 0) is 182 Å². The molecule has 141 heavy (non-hydrogen) atoms. The Labute approximate surface area is 904 Å². The predicted molar refractivity (Wildman–Crippen MR) is 631 cm³/mol. The number of rotatable bonds is 22. The summed E-state index contributed by atoms with van der Waals surface area (Å²) in [6.45, 7) is 8.44. The van der Waals surface area contributed by atoms with E-state index in [-0.39, 0.29) is 46.7 Å². The molecule has 0 amide bonds. The molecule has 0 saturated carbocycles. The summed E-state index contributed by atoms with van der Waals surface area (Å²) < 4.78 is 29.8. The average molecular weight is 2320 g/mol. The molecule has 723 valence electrons. The smallest absolute Gasteiger partial charge is 0.0622 e. The fourth-order valence-electron chi connectivity index (χ4n) is 14.8. The molecule has 2 atom stereocenters. The summed E-state index contributed by atoms with van der Waals surface area (Å²) in [4.78, 5) is 0.143. The first-order chi connectivity index (χ1) is 67.4. The minimum absolute atomic E-state index is 0. The second-order valence-electron chi connectivity index (χ2n) is 31.2. The van der Waals surface area contributed by atoms with Crippen molar-refractivity contribution in [1.29, 1.82) is 0 Å². The van der Waals surface area contributed by atoms with Gasteiger partial charge in [-0.15, -0.1) is 12.1 Å². The van der Waals surface area contributed by atoms with Crippen LogP contribution in [0.2, 0.25) is 0 Å². The van der Waals surface area contributed by atoms with Gasteiger partial charge in [-0.2, -0.15) is 27.0 Å². The molecule has 0 fully saturated rings. The molecule has 0 unspecified atom stereocenters. The quantitative estimate of drug-likeness (QED) is 0.0385. The van der Waals surface area contributed by atoms with Crippen molar-refractivity contribution < 1.29 is 60.4 Å². The molecule has 18 heteroatoms. The molecule has 19 aromatic carbocycles. The molecule has 0 aromatic heterocycles. The van der Waals surface area contributed by atoms with Gasteiger partial charge in [0.15, 0.2) is 0 Å². The number of nitrogens with zero attached hydrogens (tertiary/aromatic N) is 1. The molecule has 0 spiro atoms. The third kappa shape index (κ3) is 39.6. The molecular formula is C123H122Cl3N2O2P5Ru3S3+. The molecule has 0 aliphatic heterocycles. The van der Waals surface area contributed by atoms with Gasteiger partial charge in [0.2, 0.25) is 0 Å². The van der Waals surface area contributed by atoms with Crippen molar-refractivity contribution in [1.82, 2.24) is 0 Å². The first-order valence-corrected chi connectivity index (χ1v) is 60.0. The van der Waals surface area contributed by atoms with Gasteiger partial charge in [0, 0.05) is 4.90 Å². The number of hydrogen-bond acceptors (Lipinski definition) is 2. The topological polar surface area (TPSA) is 72.0 Å². The Hall–Kier alpha value is -9.36. The SMILES string of the molecule is Cc1ccc(C(C)C)cc1.Cc1ccc(S(=O)(=O)[N-][C@@H](c2ccccc2)[C@@H]([NH-])c2ccccc2)cc1.S.S.[CH3-].[CH3-].[Cl][Ru+3].[Cl][RuH].[Cl][Ru].c1ccc(P(c2ccccc2)c2ccccc2)cc1.c1ccc(P(c2ccccc2)c2ccccc2)cc1.c1ccc(P(c2ccccc2)c2ccccc2)cc1.c1ccc([PH+](c2ccccc2)c2ccccc2)cc1.c1ccc([PH+](c2ccccc2)c2ccccc2)cc1. The van der Waals surface area contributed by atoms with E-state index in [9.17, 15) is 8.42 Å². The zero-order chi connectivity index (χ0) is 96.7. The number of aryl methyl sites for hydroxylation is 2. The van der Waals surface area contributed by atoms with Gasteiger partial charge in [0.05, 0.1) is 15.8 Å². The van der Waals surface area contributed by atoms with Crippen LogP contribution >= 0.6 is 95.7 Å². The van der Waals surface area contributed by atoms with Crippen LogP contribution in [0.1, 0.15) is 59.7 Å². The van der Waals surface area contributed by atoms with Crippen molar-refractivity contribution >= 4 is 185 Å². The molecule has 1 N–H and O–H groups in total. The van der Waals surface area contributed by atoms with Gasteiger partial charge in [-0.25, -0.2) is 8.42 Å². The summed E-state index contributed by atoms with van der Waals surface area (Å²) in [6, 6.07) is 194. The van der Waals surface area contributed by atoms with Crippen LogP contribution in [0, 0.1) is 28.7 Å². The number of sulfonamides is 1. The van der Waals surface area contributed by atoms with Crippen LogP contribution in [-0.2, 0) is 62.0 Å². The third-order valence-electron chi connectivity index (χ3n) is 21.4. The maximum atomic E-state index is 12.8.